The first-order chi connectivity index (χ1) is 11.1. The number of carbonyl (C=O) groups is 1. The van der Waals surface area contributed by atoms with E-state index in [1.165, 1.54) is 16.1 Å². The number of hydrogen-bond acceptors (Lipinski definition) is 7. The molecule has 1 saturated heterocycles. The second-order valence-corrected chi connectivity index (χ2v) is 7.52. The molecule has 11 heteroatoms. The minimum atomic E-state index is -1.24. The number of alkyl halides is 1. The molecule has 0 aromatic carbocycles. The maximum absolute atomic E-state index is 12.5. The molecule has 124 valence electrons. The first kappa shape index (κ1) is 16.4. The Balaban J connectivity index is 1.80. The molecule has 0 spiro atoms. The van der Waals surface area contributed by atoms with Crippen molar-refractivity contribution in [3.05, 3.63) is 24.2 Å². The van der Waals surface area contributed by atoms with Crippen molar-refractivity contribution in [3.63, 3.8) is 0 Å². The maximum Gasteiger partial charge on any atom is 0.328 e. The predicted molar refractivity (Wildman–Crippen MR) is 86.9 cm³/mol. The Kier molecular flexibility index (Phi) is 4.95. The molecule has 3 heterocycles. The quantitative estimate of drug-likeness (QED) is 0.466. The summed E-state index contributed by atoms with van der Waals surface area (Å²) in [6.45, 7) is 0.871. The van der Waals surface area contributed by atoms with Gasteiger partial charge in [0.1, 0.15) is 11.9 Å². The molecule has 3 rings (SSSR count). The molecule has 1 aliphatic heterocycles. The van der Waals surface area contributed by atoms with Gasteiger partial charge in [-0.2, -0.15) is 0 Å². The molecule has 8 nitrogen and oxygen atoms in total. The summed E-state index contributed by atoms with van der Waals surface area (Å²) in [5, 5.41) is 11.5. The highest BCUT2D eigenvalue weighted by atomic mass is 35.5. The number of furan rings is 1. The van der Waals surface area contributed by atoms with E-state index in [4.69, 9.17) is 16.0 Å². The van der Waals surface area contributed by atoms with E-state index in [9.17, 15) is 9.00 Å². The molecular weight excluding hydrogens is 362 g/mol. The van der Waals surface area contributed by atoms with Crippen LogP contribution in [0.3, 0.4) is 0 Å². The topological polar surface area (TPSA) is 91.6 Å². The molecular formula is C12H14ClN5O3S2. The van der Waals surface area contributed by atoms with Gasteiger partial charge in [-0.05, 0) is 12.1 Å². The molecule has 0 saturated carbocycles. The lowest BCUT2D eigenvalue weighted by atomic mass is 10.4. The second-order valence-electron chi connectivity index (χ2n) is 4.78. The van der Waals surface area contributed by atoms with Crippen LogP contribution in [-0.4, -0.2) is 50.3 Å². The first-order valence-corrected chi connectivity index (χ1v) is 9.58. The van der Waals surface area contributed by atoms with Crippen LogP contribution in [0.5, 0.6) is 0 Å². The number of hydrogen-bond donors (Lipinski definition) is 1. The van der Waals surface area contributed by atoms with Crippen LogP contribution in [-0.2, 0) is 17.3 Å². The highest BCUT2D eigenvalue weighted by molar-refractivity contribution is 7.86. The fourth-order valence-corrected chi connectivity index (χ4v) is 3.84. The molecule has 2 aromatic heterocycles. The van der Waals surface area contributed by atoms with E-state index in [-0.39, 0.29) is 18.2 Å². The van der Waals surface area contributed by atoms with Crippen molar-refractivity contribution in [2.45, 2.75) is 17.1 Å². The van der Waals surface area contributed by atoms with E-state index in [1.54, 1.807) is 12.3 Å². The van der Waals surface area contributed by atoms with E-state index >= 15 is 0 Å². The SMILES string of the molecule is CS(=O)c1nnc(N2C(=O)N(CCl)CC2NCc2ccco2)s1. The van der Waals surface area contributed by atoms with E-state index in [2.05, 4.69) is 15.5 Å². The minimum absolute atomic E-state index is 0.0830. The molecule has 2 aromatic rings. The summed E-state index contributed by atoms with van der Waals surface area (Å²) in [4.78, 5) is 15.4. The van der Waals surface area contributed by atoms with Crippen molar-refractivity contribution in [3.8, 4) is 0 Å². The van der Waals surface area contributed by atoms with Gasteiger partial charge in [-0.25, -0.2) is 9.69 Å². The number of halogens is 1. The van der Waals surface area contributed by atoms with Crippen molar-refractivity contribution in [1.82, 2.24) is 20.4 Å². The molecule has 2 atom stereocenters. The average molecular weight is 376 g/mol. The van der Waals surface area contributed by atoms with Crippen LogP contribution in [0.2, 0.25) is 0 Å². The van der Waals surface area contributed by atoms with Gasteiger partial charge < -0.3 is 9.32 Å². The second kappa shape index (κ2) is 6.95. The molecule has 2 amide bonds. The summed E-state index contributed by atoms with van der Waals surface area (Å²) >= 11 is 6.96. The van der Waals surface area contributed by atoms with Crippen molar-refractivity contribution in [1.29, 1.82) is 0 Å². The molecule has 1 N–H and O–H groups in total. The lowest BCUT2D eigenvalue weighted by Gasteiger charge is -2.20. The molecule has 2 unspecified atom stereocenters. The van der Waals surface area contributed by atoms with Crippen LogP contribution in [0.1, 0.15) is 5.76 Å². The van der Waals surface area contributed by atoms with E-state index in [0.29, 0.717) is 22.6 Å². The van der Waals surface area contributed by atoms with E-state index < -0.39 is 10.8 Å². The molecule has 0 bridgehead atoms. The summed E-state index contributed by atoms with van der Waals surface area (Å²) in [6, 6.07) is 3.46. The number of aromatic nitrogens is 2. The summed E-state index contributed by atoms with van der Waals surface area (Å²) in [7, 11) is -1.24. The summed E-state index contributed by atoms with van der Waals surface area (Å²) in [5.74, 6) is 0.759. The lowest BCUT2D eigenvalue weighted by molar-refractivity contribution is 0.227. The Morgan fingerprint density at radius 3 is 3.00 bits per heavy atom. The molecule has 0 radical (unpaired) electrons. The summed E-state index contributed by atoms with van der Waals surface area (Å²) in [5.41, 5.74) is 0. The minimum Gasteiger partial charge on any atom is -0.468 e. The summed E-state index contributed by atoms with van der Waals surface area (Å²) in [6.07, 6.45) is 2.79. The van der Waals surface area contributed by atoms with Crippen LogP contribution in [0.15, 0.2) is 27.2 Å². The van der Waals surface area contributed by atoms with E-state index in [1.807, 2.05) is 6.07 Å². The highest BCUT2D eigenvalue weighted by Crippen LogP contribution is 2.28. The zero-order chi connectivity index (χ0) is 16.4. The monoisotopic (exact) mass is 375 g/mol. The average Bonchev–Trinajstić information content (AvgIpc) is 3.24. The number of carbonyl (C=O) groups excluding carboxylic acids is 1. The fourth-order valence-electron chi connectivity index (χ4n) is 2.17. The van der Waals surface area contributed by atoms with Crippen LogP contribution < -0.4 is 10.2 Å². The highest BCUT2D eigenvalue weighted by Gasteiger charge is 2.39. The van der Waals surface area contributed by atoms with Crippen LogP contribution in [0.25, 0.3) is 0 Å². The number of nitrogens with zero attached hydrogens (tertiary/aromatic N) is 4. The number of anilines is 1. The third-order valence-electron chi connectivity index (χ3n) is 3.27. The fraction of sp³-hybridized carbons (Fsp3) is 0.417. The Labute approximate surface area is 143 Å². The van der Waals surface area contributed by atoms with E-state index in [0.717, 1.165) is 17.1 Å². The zero-order valence-corrected chi connectivity index (χ0v) is 14.5. The van der Waals surface area contributed by atoms with Gasteiger partial charge >= 0.3 is 6.03 Å². The van der Waals surface area contributed by atoms with Gasteiger partial charge in [0, 0.05) is 6.26 Å². The predicted octanol–water partition coefficient (Wildman–Crippen LogP) is 1.42. The van der Waals surface area contributed by atoms with Crippen LogP contribution in [0, 0.1) is 0 Å². The van der Waals surface area contributed by atoms with Gasteiger partial charge in [-0.3, -0.25) is 9.53 Å². The standard InChI is InChI=1S/C12H14ClN5O3S2/c1-23(20)11-16-15-10(22-11)18-9(6-17(7-13)12(18)19)14-5-8-3-2-4-21-8/h2-4,9,14H,5-7H2,1H3. The van der Waals surface area contributed by atoms with Crippen LogP contribution in [0.4, 0.5) is 9.93 Å². The number of amides is 2. The van der Waals surface area contributed by atoms with Gasteiger partial charge in [0.15, 0.2) is 0 Å². The molecule has 23 heavy (non-hydrogen) atoms. The van der Waals surface area contributed by atoms with Crippen molar-refractivity contribution in [2.24, 2.45) is 0 Å². The molecule has 1 aliphatic rings. The maximum atomic E-state index is 12.5. The Morgan fingerprint density at radius 2 is 2.39 bits per heavy atom. The third-order valence-corrected chi connectivity index (χ3v) is 5.80. The Bertz CT molecular complexity index is 707. The van der Waals surface area contributed by atoms with Gasteiger partial charge in [-0.1, -0.05) is 11.3 Å². The van der Waals surface area contributed by atoms with Gasteiger partial charge in [0.25, 0.3) is 0 Å². The number of rotatable bonds is 6. The van der Waals surface area contributed by atoms with Crippen molar-refractivity contribution in [2.75, 3.05) is 23.7 Å². The third kappa shape index (κ3) is 3.39. The Morgan fingerprint density at radius 1 is 1.57 bits per heavy atom. The Hall–Kier alpha value is -1.49. The normalized spacial score (nSPS) is 19.6. The van der Waals surface area contributed by atoms with Gasteiger partial charge in [0.05, 0.1) is 36.2 Å². The van der Waals surface area contributed by atoms with Crippen LogP contribution >= 0.6 is 22.9 Å². The van der Waals surface area contributed by atoms with Crippen molar-refractivity contribution >= 4 is 44.9 Å². The lowest BCUT2D eigenvalue weighted by Crippen LogP contribution is -2.44. The smallest absolute Gasteiger partial charge is 0.328 e. The summed E-state index contributed by atoms with van der Waals surface area (Å²) < 4.78 is 17.1. The molecule has 1 fully saturated rings. The zero-order valence-electron chi connectivity index (χ0n) is 12.1. The number of urea groups is 1. The van der Waals surface area contributed by atoms with Gasteiger partial charge in [0.2, 0.25) is 9.47 Å². The van der Waals surface area contributed by atoms with Gasteiger partial charge in [-0.15, -0.1) is 21.8 Å². The largest absolute Gasteiger partial charge is 0.468 e. The molecule has 0 aliphatic carbocycles. The first-order valence-electron chi connectivity index (χ1n) is 6.67. The number of nitrogens with one attached hydrogen (secondary N) is 1. The van der Waals surface area contributed by atoms with Crippen molar-refractivity contribution < 1.29 is 13.4 Å².